The second-order valence-corrected chi connectivity index (χ2v) is 9.26. The van der Waals surface area contributed by atoms with Crippen LogP contribution in [0.1, 0.15) is 81.9 Å². The van der Waals surface area contributed by atoms with Gasteiger partial charge in [0.1, 0.15) is 5.65 Å². The molecule has 6 heteroatoms. The number of rotatable bonds is 9. The molecule has 0 saturated heterocycles. The summed E-state index contributed by atoms with van der Waals surface area (Å²) in [7, 11) is 0. The second-order valence-electron chi connectivity index (χ2n) is 9.26. The normalized spacial score (nSPS) is 17.1. The number of carboxylic acid groups (broad SMARTS) is 1. The van der Waals surface area contributed by atoms with Crippen molar-refractivity contribution >= 4 is 22.9 Å². The number of carbonyl (C=O) groups excluding carboxylic acids is 1. The van der Waals surface area contributed by atoms with Gasteiger partial charge in [-0.15, -0.1) is 0 Å². The SMILES string of the molecule is O=C(O)CCCCC(=O)N1CCc2c(n(CCCC3CCCCC3)c3ncccc23)C1. The van der Waals surface area contributed by atoms with Crippen LogP contribution in [0.2, 0.25) is 0 Å². The van der Waals surface area contributed by atoms with E-state index in [9.17, 15) is 9.59 Å². The van der Waals surface area contributed by atoms with Crippen LogP contribution in [0.3, 0.4) is 0 Å². The van der Waals surface area contributed by atoms with Crippen molar-refractivity contribution < 1.29 is 14.7 Å². The van der Waals surface area contributed by atoms with Gasteiger partial charge < -0.3 is 14.6 Å². The summed E-state index contributed by atoms with van der Waals surface area (Å²) in [6.07, 6.45) is 13.9. The molecule has 3 heterocycles. The third-order valence-electron chi connectivity index (χ3n) is 7.12. The number of nitrogens with zero attached hydrogens (tertiary/aromatic N) is 3. The van der Waals surface area contributed by atoms with Gasteiger partial charge in [0.15, 0.2) is 0 Å². The lowest BCUT2D eigenvalue weighted by Crippen LogP contribution is -2.36. The molecule has 168 valence electrons. The molecule has 1 amide bonds. The molecule has 0 unspecified atom stereocenters. The number of aryl methyl sites for hydroxylation is 1. The number of pyridine rings is 1. The standard InChI is InChI=1S/C25H35N3O3/c29-23(12-4-5-13-24(30)31)27-17-14-20-21-11-6-15-26-25(21)28(22(20)18-27)16-7-10-19-8-2-1-3-9-19/h6,11,15,19H,1-5,7-10,12-14,16-18H2,(H,30,31). The molecule has 1 fully saturated rings. The number of aliphatic carboxylic acids is 1. The van der Waals surface area contributed by atoms with Crippen molar-refractivity contribution in [3.8, 4) is 0 Å². The van der Waals surface area contributed by atoms with E-state index in [1.165, 1.54) is 61.6 Å². The topological polar surface area (TPSA) is 75.4 Å². The lowest BCUT2D eigenvalue weighted by Gasteiger charge is -2.29. The van der Waals surface area contributed by atoms with Crippen molar-refractivity contribution in [1.29, 1.82) is 0 Å². The molecule has 0 bridgehead atoms. The molecule has 1 saturated carbocycles. The largest absolute Gasteiger partial charge is 0.481 e. The highest BCUT2D eigenvalue weighted by molar-refractivity contribution is 5.83. The van der Waals surface area contributed by atoms with E-state index in [0.29, 0.717) is 25.8 Å². The smallest absolute Gasteiger partial charge is 0.303 e. The Morgan fingerprint density at radius 1 is 1.10 bits per heavy atom. The van der Waals surface area contributed by atoms with E-state index in [4.69, 9.17) is 10.1 Å². The molecule has 1 aliphatic carbocycles. The molecule has 1 aliphatic heterocycles. The Hall–Kier alpha value is -2.37. The molecule has 31 heavy (non-hydrogen) atoms. The van der Waals surface area contributed by atoms with E-state index in [2.05, 4.69) is 10.6 Å². The third kappa shape index (κ3) is 5.28. The molecule has 6 nitrogen and oxygen atoms in total. The Morgan fingerprint density at radius 3 is 2.71 bits per heavy atom. The molecule has 0 aromatic carbocycles. The molecule has 2 aliphatic rings. The molecular formula is C25H35N3O3. The van der Waals surface area contributed by atoms with Gasteiger partial charge in [-0.2, -0.15) is 0 Å². The molecule has 2 aromatic heterocycles. The van der Waals surface area contributed by atoms with E-state index < -0.39 is 5.97 Å². The van der Waals surface area contributed by atoms with Crippen LogP contribution in [0.15, 0.2) is 18.3 Å². The van der Waals surface area contributed by atoms with Crippen LogP contribution in [0.25, 0.3) is 11.0 Å². The van der Waals surface area contributed by atoms with E-state index in [0.717, 1.165) is 31.1 Å². The lowest BCUT2D eigenvalue weighted by molar-refractivity contribution is -0.137. The average Bonchev–Trinajstić information content (AvgIpc) is 3.10. The predicted octanol–water partition coefficient (Wildman–Crippen LogP) is 4.93. The maximum atomic E-state index is 12.8. The first-order chi connectivity index (χ1) is 15.1. The minimum absolute atomic E-state index is 0.137. The van der Waals surface area contributed by atoms with Gasteiger partial charge in [0, 0.05) is 43.2 Å². The fraction of sp³-hybridized carbons (Fsp3) is 0.640. The quantitative estimate of drug-likeness (QED) is 0.578. The van der Waals surface area contributed by atoms with Crippen molar-refractivity contribution in [3.05, 3.63) is 29.6 Å². The van der Waals surface area contributed by atoms with Crippen LogP contribution in [-0.2, 0) is 29.1 Å². The van der Waals surface area contributed by atoms with Gasteiger partial charge in [0.05, 0.1) is 6.54 Å². The van der Waals surface area contributed by atoms with Gasteiger partial charge in [-0.25, -0.2) is 4.98 Å². The zero-order valence-corrected chi connectivity index (χ0v) is 18.5. The highest BCUT2D eigenvalue weighted by Crippen LogP contribution is 2.32. The van der Waals surface area contributed by atoms with Crippen LogP contribution in [0.4, 0.5) is 0 Å². The van der Waals surface area contributed by atoms with Crippen LogP contribution in [-0.4, -0.2) is 38.0 Å². The number of unbranched alkanes of at least 4 members (excludes halogenated alkanes) is 1. The Labute approximate surface area is 184 Å². The number of fused-ring (bicyclic) bond motifs is 3. The fourth-order valence-electron chi connectivity index (χ4n) is 5.44. The summed E-state index contributed by atoms with van der Waals surface area (Å²) in [6, 6.07) is 4.18. The van der Waals surface area contributed by atoms with Crippen LogP contribution >= 0.6 is 0 Å². The maximum absolute atomic E-state index is 12.8. The number of amides is 1. The molecule has 2 aromatic rings. The van der Waals surface area contributed by atoms with Crippen molar-refractivity contribution in [1.82, 2.24) is 14.5 Å². The van der Waals surface area contributed by atoms with Gasteiger partial charge >= 0.3 is 5.97 Å². The lowest BCUT2D eigenvalue weighted by atomic mass is 9.86. The zero-order valence-electron chi connectivity index (χ0n) is 18.5. The first-order valence-corrected chi connectivity index (χ1v) is 12.1. The van der Waals surface area contributed by atoms with Crippen LogP contribution < -0.4 is 0 Å². The highest BCUT2D eigenvalue weighted by Gasteiger charge is 2.27. The maximum Gasteiger partial charge on any atom is 0.303 e. The van der Waals surface area contributed by atoms with E-state index in [1.807, 2.05) is 17.2 Å². The second kappa shape index (κ2) is 10.3. The summed E-state index contributed by atoms with van der Waals surface area (Å²) >= 11 is 0. The minimum atomic E-state index is -0.791. The molecule has 0 atom stereocenters. The minimum Gasteiger partial charge on any atom is -0.481 e. The van der Waals surface area contributed by atoms with Crippen LogP contribution in [0, 0.1) is 5.92 Å². The molecule has 0 radical (unpaired) electrons. The molecule has 0 spiro atoms. The Morgan fingerprint density at radius 2 is 1.90 bits per heavy atom. The molecular weight excluding hydrogens is 390 g/mol. The highest BCUT2D eigenvalue weighted by atomic mass is 16.4. The van der Waals surface area contributed by atoms with Crippen molar-refractivity contribution in [3.63, 3.8) is 0 Å². The predicted molar refractivity (Wildman–Crippen MR) is 121 cm³/mol. The number of hydrogen-bond donors (Lipinski definition) is 1. The Kier molecular flexibility index (Phi) is 7.25. The Bertz CT molecular complexity index is 914. The summed E-state index contributed by atoms with van der Waals surface area (Å²) < 4.78 is 2.37. The Balaban J connectivity index is 1.43. The van der Waals surface area contributed by atoms with Gasteiger partial charge in [0.25, 0.3) is 0 Å². The molecule has 4 rings (SSSR count). The number of hydrogen-bond acceptors (Lipinski definition) is 3. The van der Waals surface area contributed by atoms with Crippen molar-refractivity contribution in [2.75, 3.05) is 6.54 Å². The summed E-state index contributed by atoms with van der Waals surface area (Å²) in [5.74, 6) is 0.228. The first-order valence-electron chi connectivity index (χ1n) is 12.1. The van der Waals surface area contributed by atoms with Gasteiger partial charge in [0.2, 0.25) is 5.91 Å². The number of carbonyl (C=O) groups is 2. The average molecular weight is 426 g/mol. The van der Waals surface area contributed by atoms with E-state index in [1.54, 1.807) is 0 Å². The summed E-state index contributed by atoms with van der Waals surface area (Å²) in [5.41, 5.74) is 3.67. The van der Waals surface area contributed by atoms with Gasteiger partial charge in [-0.1, -0.05) is 32.1 Å². The summed E-state index contributed by atoms with van der Waals surface area (Å²) in [5, 5.41) is 10.0. The van der Waals surface area contributed by atoms with Crippen molar-refractivity contribution in [2.24, 2.45) is 5.92 Å². The zero-order chi connectivity index (χ0) is 21.6. The van der Waals surface area contributed by atoms with Gasteiger partial charge in [-0.3, -0.25) is 9.59 Å². The third-order valence-corrected chi connectivity index (χ3v) is 7.12. The fourth-order valence-corrected chi connectivity index (χ4v) is 5.44. The van der Waals surface area contributed by atoms with Gasteiger partial charge in [-0.05, 0) is 55.7 Å². The van der Waals surface area contributed by atoms with E-state index in [-0.39, 0.29) is 12.3 Å². The molecule has 1 N–H and O–H groups in total. The monoisotopic (exact) mass is 425 g/mol. The number of aromatic nitrogens is 2. The summed E-state index contributed by atoms with van der Waals surface area (Å²) in [6.45, 7) is 2.35. The first kappa shape index (κ1) is 21.8. The summed E-state index contributed by atoms with van der Waals surface area (Å²) in [4.78, 5) is 30.1. The van der Waals surface area contributed by atoms with E-state index >= 15 is 0 Å². The van der Waals surface area contributed by atoms with Crippen molar-refractivity contribution in [2.45, 2.75) is 90.1 Å². The number of carboxylic acids is 1. The van der Waals surface area contributed by atoms with Crippen LogP contribution in [0.5, 0.6) is 0 Å².